The van der Waals surface area contributed by atoms with E-state index >= 15 is 0 Å². The Morgan fingerprint density at radius 1 is 1.50 bits per heavy atom. The number of hydrogen-bond donors (Lipinski definition) is 2. The van der Waals surface area contributed by atoms with E-state index in [9.17, 15) is 9.36 Å². The van der Waals surface area contributed by atoms with Crippen molar-refractivity contribution in [2.75, 3.05) is 20.2 Å². The Bertz CT molecular complexity index is 226. The quantitative estimate of drug-likeness (QED) is 0.503. The average molecular weight is 225 g/mol. The van der Waals surface area contributed by atoms with E-state index < -0.39 is 7.82 Å². The minimum atomic E-state index is -4.38. The van der Waals surface area contributed by atoms with Crippen LogP contribution >= 0.6 is 7.82 Å². The molecule has 7 heteroatoms. The average Bonchev–Trinajstić information content (AvgIpc) is 2.09. The molecule has 0 saturated heterocycles. The highest BCUT2D eigenvalue weighted by Gasteiger charge is 2.13. The number of carbonyl (C=O) groups excluding carboxylic acids is 1. The van der Waals surface area contributed by atoms with Gasteiger partial charge in [0.05, 0.1) is 6.61 Å². The van der Waals surface area contributed by atoms with E-state index in [0.29, 0.717) is 13.0 Å². The standard InChI is InChI=1S/C7H16NO5P/c1-3-8(2)7(9)5-4-6-13-14(10,11)12/h3-6H2,1-2H3,(H2,10,11,12). The smallest absolute Gasteiger partial charge is 0.346 e. The summed E-state index contributed by atoms with van der Waals surface area (Å²) in [5.41, 5.74) is 0. The van der Waals surface area contributed by atoms with Crippen LogP contribution in [0.15, 0.2) is 0 Å². The molecule has 0 fully saturated rings. The van der Waals surface area contributed by atoms with Crippen molar-refractivity contribution in [1.29, 1.82) is 0 Å². The van der Waals surface area contributed by atoms with E-state index in [0.717, 1.165) is 0 Å². The van der Waals surface area contributed by atoms with E-state index in [2.05, 4.69) is 4.52 Å². The lowest BCUT2D eigenvalue weighted by molar-refractivity contribution is -0.129. The molecule has 1 amide bonds. The minimum Gasteiger partial charge on any atom is -0.346 e. The van der Waals surface area contributed by atoms with Crippen LogP contribution < -0.4 is 0 Å². The number of carbonyl (C=O) groups is 1. The third kappa shape index (κ3) is 7.03. The Balaban J connectivity index is 3.55. The Labute approximate surface area is 83.1 Å². The highest BCUT2D eigenvalue weighted by atomic mass is 31.2. The van der Waals surface area contributed by atoms with E-state index in [1.54, 1.807) is 7.05 Å². The summed E-state index contributed by atoms with van der Waals surface area (Å²) in [5, 5.41) is 0. The zero-order valence-corrected chi connectivity index (χ0v) is 9.24. The molecule has 0 saturated carbocycles. The normalized spacial score (nSPS) is 11.4. The van der Waals surface area contributed by atoms with Gasteiger partial charge in [-0.1, -0.05) is 0 Å². The van der Waals surface area contributed by atoms with Crippen molar-refractivity contribution in [1.82, 2.24) is 4.90 Å². The Hall–Kier alpha value is -0.420. The van der Waals surface area contributed by atoms with Crippen molar-refractivity contribution in [3.63, 3.8) is 0 Å². The molecule has 0 unspecified atom stereocenters. The summed E-state index contributed by atoms with van der Waals surface area (Å²) >= 11 is 0. The first-order valence-corrected chi connectivity index (χ1v) is 5.84. The minimum absolute atomic E-state index is 0.0539. The maximum atomic E-state index is 11.2. The first kappa shape index (κ1) is 13.6. The van der Waals surface area contributed by atoms with Crippen molar-refractivity contribution in [2.24, 2.45) is 0 Å². The van der Waals surface area contributed by atoms with Crippen molar-refractivity contribution in [3.8, 4) is 0 Å². The molecule has 0 heterocycles. The lowest BCUT2D eigenvalue weighted by Crippen LogP contribution is -2.26. The predicted octanol–water partition coefficient (Wildman–Crippen LogP) is 0.354. The SMILES string of the molecule is CCN(C)C(=O)CCCOP(=O)(O)O. The van der Waals surface area contributed by atoms with Gasteiger partial charge in [-0.05, 0) is 13.3 Å². The Morgan fingerprint density at radius 3 is 2.50 bits per heavy atom. The van der Waals surface area contributed by atoms with E-state index in [-0.39, 0.29) is 18.9 Å². The highest BCUT2D eigenvalue weighted by molar-refractivity contribution is 7.46. The summed E-state index contributed by atoms with van der Waals surface area (Å²) in [6.45, 7) is 2.37. The number of nitrogens with zero attached hydrogens (tertiary/aromatic N) is 1. The third-order valence-corrected chi connectivity index (χ3v) is 2.21. The number of hydrogen-bond acceptors (Lipinski definition) is 3. The summed E-state index contributed by atoms with van der Waals surface area (Å²) < 4.78 is 14.4. The molecule has 0 aliphatic carbocycles. The maximum absolute atomic E-state index is 11.2. The van der Waals surface area contributed by atoms with Gasteiger partial charge in [0.25, 0.3) is 0 Å². The topological polar surface area (TPSA) is 87.1 Å². The molecule has 0 aromatic carbocycles. The molecule has 0 aliphatic heterocycles. The molecule has 0 spiro atoms. The molecule has 0 aromatic rings. The van der Waals surface area contributed by atoms with Gasteiger partial charge < -0.3 is 14.7 Å². The third-order valence-electron chi connectivity index (χ3n) is 1.69. The Kier molecular flexibility index (Phi) is 5.95. The van der Waals surface area contributed by atoms with Gasteiger partial charge in [0.15, 0.2) is 0 Å². The van der Waals surface area contributed by atoms with Crippen molar-refractivity contribution in [2.45, 2.75) is 19.8 Å². The van der Waals surface area contributed by atoms with Crippen LogP contribution in [-0.2, 0) is 13.9 Å². The lowest BCUT2D eigenvalue weighted by Gasteiger charge is -2.13. The highest BCUT2D eigenvalue weighted by Crippen LogP contribution is 2.35. The second kappa shape index (κ2) is 6.14. The zero-order chi connectivity index (χ0) is 11.2. The monoisotopic (exact) mass is 225 g/mol. The summed E-state index contributed by atoms with van der Waals surface area (Å²) in [7, 11) is -2.71. The van der Waals surface area contributed by atoms with Crippen LogP contribution in [-0.4, -0.2) is 40.8 Å². The van der Waals surface area contributed by atoms with Crippen molar-refractivity contribution < 1.29 is 23.7 Å². The number of phosphoric ester groups is 1. The van der Waals surface area contributed by atoms with Gasteiger partial charge in [0.2, 0.25) is 5.91 Å². The molecule has 84 valence electrons. The maximum Gasteiger partial charge on any atom is 0.469 e. The summed E-state index contributed by atoms with van der Waals surface area (Å²) in [4.78, 5) is 29.4. The van der Waals surface area contributed by atoms with Gasteiger partial charge in [0.1, 0.15) is 0 Å². The number of rotatable bonds is 6. The largest absolute Gasteiger partial charge is 0.469 e. The van der Waals surface area contributed by atoms with Crippen molar-refractivity contribution in [3.05, 3.63) is 0 Å². The van der Waals surface area contributed by atoms with Gasteiger partial charge in [-0.2, -0.15) is 0 Å². The lowest BCUT2D eigenvalue weighted by atomic mass is 10.3. The van der Waals surface area contributed by atoms with Crippen LogP contribution in [0.25, 0.3) is 0 Å². The van der Waals surface area contributed by atoms with Gasteiger partial charge in [-0.15, -0.1) is 0 Å². The summed E-state index contributed by atoms with van der Waals surface area (Å²) in [6.07, 6.45) is 0.554. The van der Waals surface area contributed by atoms with Gasteiger partial charge in [-0.25, -0.2) is 4.57 Å². The fraction of sp³-hybridized carbons (Fsp3) is 0.857. The second-order valence-corrected chi connectivity index (χ2v) is 4.07. The van der Waals surface area contributed by atoms with E-state index in [1.165, 1.54) is 4.90 Å². The van der Waals surface area contributed by atoms with Crippen LogP contribution in [0.2, 0.25) is 0 Å². The van der Waals surface area contributed by atoms with Gasteiger partial charge in [-0.3, -0.25) is 9.32 Å². The molecular formula is C7H16NO5P. The number of amides is 1. The van der Waals surface area contributed by atoms with Crippen LogP contribution in [0.3, 0.4) is 0 Å². The van der Waals surface area contributed by atoms with Gasteiger partial charge in [0, 0.05) is 20.0 Å². The fourth-order valence-electron chi connectivity index (χ4n) is 0.774. The second-order valence-electron chi connectivity index (χ2n) is 2.84. The summed E-state index contributed by atoms with van der Waals surface area (Å²) in [6, 6.07) is 0. The predicted molar refractivity (Wildman–Crippen MR) is 50.5 cm³/mol. The van der Waals surface area contributed by atoms with Crippen LogP contribution in [0.4, 0.5) is 0 Å². The van der Waals surface area contributed by atoms with Crippen LogP contribution in [0, 0.1) is 0 Å². The molecule has 6 nitrogen and oxygen atoms in total. The first-order chi connectivity index (χ1) is 6.37. The Morgan fingerprint density at radius 2 is 2.07 bits per heavy atom. The molecule has 2 N–H and O–H groups in total. The molecule has 0 aliphatic rings. The summed E-state index contributed by atoms with van der Waals surface area (Å²) in [5.74, 6) is -0.0539. The number of phosphoric acid groups is 1. The van der Waals surface area contributed by atoms with E-state index in [1.807, 2.05) is 6.92 Å². The molecule has 0 atom stereocenters. The van der Waals surface area contributed by atoms with Crippen LogP contribution in [0.5, 0.6) is 0 Å². The van der Waals surface area contributed by atoms with Crippen molar-refractivity contribution >= 4 is 13.7 Å². The molecule has 0 rings (SSSR count). The molecule has 0 aromatic heterocycles. The van der Waals surface area contributed by atoms with E-state index in [4.69, 9.17) is 9.79 Å². The molecule has 0 bridgehead atoms. The fourth-order valence-corrected chi connectivity index (χ4v) is 1.14. The first-order valence-electron chi connectivity index (χ1n) is 4.31. The molecule has 0 radical (unpaired) electrons. The zero-order valence-electron chi connectivity index (χ0n) is 8.34. The molecular weight excluding hydrogens is 209 g/mol. The van der Waals surface area contributed by atoms with Crippen LogP contribution in [0.1, 0.15) is 19.8 Å². The molecule has 14 heavy (non-hydrogen) atoms. The van der Waals surface area contributed by atoms with Gasteiger partial charge >= 0.3 is 7.82 Å².